The van der Waals surface area contributed by atoms with E-state index in [1.54, 1.807) is 0 Å². The van der Waals surface area contributed by atoms with Gasteiger partial charge < -0.3 is 16.0 Å². The summed E-state index contributed by atoms with van der Waals surface area (Å²) in [6.45, 7) is 7.15. The summed E-state index contributed by atoms with van der Waals surface area (Å²) < 4.78 is 0. The molecule has 6 nitrogen and oxygen atoms in total. The van der Waals surface area contributed by atoms with Crippen molar-refractivity contribution in [3.8, 4) is 0 Å². The van der Waals surface area contributed by atoms with Gasteiger partial charge in [0.2, 0.25) is 5.91 Å². The van der Waals surface area contributed by atoms with Crippen LogP contribution in [-0.4, -0.2) is 36.0 Å². The van der Waals surface area contributed by atoms with Gasteiger partial charge in [-0.2, -0.15) is 0 Å². The highest BCUT2D eigenvalue weighted by Gasteiger charge is 2.17. The molecule has 21 heavy (non-hydrogen) atoms. The second-order valence-electron chi connectivity index (χ2n) is 5.18. The molecular formula is C15H27N5O. The first-order chi connectivity index (χ1) is 10.0. The smallest absolute Gasteiger partial charge is 0.236 e. The minimum absolute atomic E-state index is 0.187. The van der Waals surface area contributed by atoms with E-state index < -0.39 is 0 Å². The van der Waals surface area contributed by atoms with Gasteiger partial charge in [-0.15, -0.1) is 0 Å². The highest BCUT2D eigenvalue weighted by atomic mass is 16.1. The molecule has 0 atom stereocenters. The number of unbranched alkanes of at least 4 members (excludes halogenated alkanes) is 1. The molecule has 3 N–H and O–H groups in total. The Morgan fingerprint density at radius 2 is 2.00 bits per heavy atom. The Morgan fingerprint density at radius 3 is 2.52 bits per heavy atom. The Hall–Kier alpha value is -1.85. The predicted molar refractivity (Wildman–Crippen MR) is 86.6 cm³/mol. The molecule has 0 spiro atoms. The molecule has 0 saturated carbocycles. The number of rotatable bonds is 9. The highest BCUT2D eigenvalue weighted by Crippen LogP contribution is 2.24. The van der Waals surface area contributed by atoms with Gasteiger partial charge in [0.05, 0.1) is 6.54 Å². The lowest BCUT2D eigenvalue weighted by molar-refractivity contribution is -0.116. The van der Waals surface area contributed by atoms with Crippen molar-refractivity contribution in [3.63, 3.8) is 0 Å². The summed E-state index contributed by atoms with van der Waals surface area (Å²) in [5, 5.41) is 3.10. The van der Waals surface area contributed by atoms with Crippen molar-refractivity contribution in [1.82, 2.24) is 9.97 Å². The summed E-state index contributed by atoms with van der Waals surface area (Å²) in [7, 11) is 1.85. The summed E-state index contributed by atoms with van der Waals surface area (Å²) in [5.41, 5.74) is 6.33. The maximum Gasteiger partial charge on any atom is 0.236 e. The van der Waals surface area contributed by atoms with Gasteiger partial charge in [-0.1, -0.05) is 20.3 Å². The second kappa shape index (κ2) is 8.44. The number of nitrogens with two attached hydrogens (primary N) is 1. The molecule has 6 heteroatoms. The maximum atomic E-state index is 11.3. The third kappa shape index (κ3) is 4.88. The van der Waals surface area contributed by atoms with Gasteiger partial charge in [-0.05, 0) is 19.8 Å². The van der Waals surface area contributed by atoms with Crippen LogP contribution in [0.3, 0.4) is 0 Å². The minimum atomic E-state index is -0.341. The number of hydrogen-bond acceptors (Lipinski definition) is 5. The molecule has 118 valence electrons. The molecule has 1 aromatic heterocycles. The lowest BCUT2D eigenvalue weighted by Crippen LogP contribution is -2.36. The zero-order valence-electron chi connectivity index (χ0n) is 13.6. The lowest BCUT2D eigenvalue weighted by atomic mass is 10.2. The van der Waals surface area contributed by atoms with Crippen LogP contribution in [0.1, 0.15) is 44.5 Å². The van der Waals surface area contributed by atoms with Crippen LogP contribution in [0.25, 0.3) is 0 Å². The molecule has 0 saturated heterocycles. The van der Waals surface area contributed by atoms with Crippen molar-refractivity contribution in [3.05, 3.63) is 11.4 Å². The Labute approximate surface area is 127 Å². The fourth-order valence-corrected chi connectivity index (χ4v) is 2.23. The van der Waals surface area contributed by atoms with E-state index in [4.69, 9.17) is 5.73 Å². The number of carbonyl (C=O) groups excluding carboxylic acids is 1. The number of hydrogen-bond donors (Lipinski definition) is 2. The van der Waals surface area contributed by atoms with Gasteiger partial charge in [0.25, 0.3) is 0 Å². The van der Waals surface area contributed by atoms with Crippen molar-refractivity contribution in [2.75, 3.05) is 30.4 Å². The molecule has 1 heterocycles. The zero-order chi connectivity index (χ0) is 15.8. The van der Waals surface area contributed by atoms with E-state index in [9.17, 15) is 4.79 Å². The normalized spacial score (nSPS) is 10.5. The van der Waals surface area contributed by atoms with E-state index >= 15 is 0 Å². The number of carbonyl (C=O) groups is 1. The van der Waals surface area contributed by atoms with E-state index in [-0.39, 0.29) is 12.5 Å². The quantitative estimate of drug-likeness (QED) is 0.726. The van der Waals surface area contributed by atoms with Gasteiger partial charge >= 0.3 is 0 Å². The van der Waals surface area contributed by atoms with E-state index in [0.717, 1.165) is 55.3 Å². The van der Waals surface area contributed by atoms with Crippen molar-refractivity contribution in [2.24, 2.45) is 5.73 Å². The number of anilines is 2. The molecule has 0 aromatic carbocycles. The molecule has 0 aliphatic rings. The molecular weight excluding hydrogens is 266 g/mol. The fraction of sp³-hybridized carbons (Fsp3) is 0.667. The third-order valence-corrected chi connectivity index (χ3v) is 3.30. The Balaban J connectivity index is 3.19. The Morgan fingerprint density at radius 1 is 1.29 bits per heavy atom. The van der Waals surface area contributed by atoms with Crippen molar-refractivity contribution < 1.29 is 4.79 Å². The summed E-state index contributed by atoms with van der Waals surface area (Å²) in [6, 6.07) is 0. The summed E-state index contributed by atoms with van der Waals surface area (Å²) in [6.07, 6.45) is 3.85. The van der Waals surface area contributed by atoms with Crippen LogP contribution in [0.5, 0.6) is 0 Å². The monoisotopic (exact) mass is 293 g/mol. The highest BCUT2D eigenvalue weighted by molar-refractivity contribution is 5.79. The number of nitrogens with zero attached hydrogens (tertiary/aromatic N) is 3. The van der Waals surface area contributed by atoms with Crippen LogP contribution in [-0.2, 0) is 11.2 Å². The largest absolute Gasteiger partial charge is 0.373 e. The fourth-order valence-electron chi connectivity index (χ4n) is 2.23. The second-order valence-corrected chi connectivity index (χ2v) is 5.18. The first-order valence-corrected chi connectivity index (χ1v) is 7.61. The van der Waals surface area contributed by atoms with Crippen LogP contribution < -0.4 is 16.0 Å². The first kappa shape index (κ1) is 17.2. The van der Waals surface area contributed by atoms with E-state index in [2.05, 4.69) is 29.1 Å². The number of aryl methyl sites for hydroxylation is 1. The van der Waals surface area contributed by atoms with Gasteiger partial charge in [0, 0.05) is 25.6 Å². The number of aromatic nitrogens is 2. The van der Waals surface area contributed by atoms with Crippen molar-refractivity contribution in [1.29, 1.82) is 0 Å². The Kier molecular flexibility index (Phi) is 6.91. The van der Waals surface area contributed by atoms with Gasteiger partial charge in [0.1, 0.15) is 17.5 Å². The van der Waals surface area contributed by atoms with E-state index in [1.807, 2.05) is 18.9 Å². The van der Waals surface area contributed by atoms with Crippen LogP contribution >= 0.6 is 0 Å². The first-order valence-electron chi connectivity index (χ1n) is 7.61. The molecule has 0 aliphatic carbocycles. The Bertz CT molecular complexity index is 475. The molecule has 1 amide bonds. The maximum absolute atomic E-state index is 11.3. The molecule has 0 aliphatic heterocycles. The predicted octanol–water partition coefficient (Wildman–Crippen LogP) is 1.87. The summed E-state index contributed by atoms with van der Waals surface area (Å²) in [4.78, 5) is 22.5. The van der Waals surface area contributed by atoms with Gasteiger partial charge in [-0.3, -0.25) is 4.79 Å². The molecule has 0 radical (unpaired) electrons. The van der Waals surface area contributed by atoms with E-state index in [1.165, 1.54) is 0 Å². The van der Waals surface area contributed by atoms with E-state index in [0.29, 0.717) is 0 Å². The van der Waals surface area contributed by atoms with Gasteiger partial charge in [-0.25, -0.2) is 9.97 Å². The third-order valence-electron chi connectivity index (χ3n) is 3.30. The molecule has 1 rings (SSSR count). The number of amides is 1. The summed E-state index contributed by atoms with van der Waals surface area (Å²) >= 11 is 0. The molecule has 0 fully saturated rings. The molecule has 0 unspecified atom stereocenters. The molecule has 0 bridgehead atoms. The average molecular weight is 293 g/mol. The SMILES string of the molecule is CCCCN(CC(N)=O)c1nc(CCC)nc(NC)c1C. The van der Waals surface area contributed by atoms with Crippen LogP contribution in [0.2, 0.25) is 0 Å². The van der Waals surface area contributed by atoms with Crippen LogP contribution in [0.15, 0.2) is 0 Å². The standard InChI is InChI=1S/C15H27N5O/c1-5-7-9-20(10-12(16)21)15-11(3)14(17-4)18-13(19-15)8-6-2/h5-10H2,1-4H3,(H2,16,21)(H,17,18,19). The number of primary amides is 1. The number of nitrogens with one attached hydrogen (secondary N) is 1. The topological polar surface area (TPSA) is 84.1 Å². The van der Waals surface area contributed by atoms with Crippen molar-refractivity contribution >= 4 is 17.5 Å². The lowest BCUT2D eigenvalue weighted by Gasteiger charge is -2.25. The minimum Gasteiger partial charge on any atom is -0.373 e. The van der Waals surface area contributed by atoms with Crippen molar-refractivity contribution in [2.45, 2.75) is 46.5 Å². The molecule has 1 aromatic rings. The summed E-state index contributed by atoms with van der Waals surface area (Å²) in [5.74, 6) is 2.08. The average Bonchev–Trinajstić information content (AvgIpc) is 2.45. The van der Waals surface area contributed by atoms with Crippen LogP contribution in [0.4, 0.5) is 11.6 Å². The zero-order valence-corrected chi connectivity index (χ0v) is 13.6. The van der Waals surface area contributed by atoms with Crippen LogP contribution in [0, 0.1) is 6.92 Å². The van der Waals surface area contributed by atoms with Gasteiger partial charge in [0.15, 0.2) is 0 Å².